The van der Waals surface area contributed by atoms with Crippen LogP contribution in [0.15, 0.2) is 22.9 Å². The van der Waals surface area contributed by atoms with Crippen LogP contribution in [-0.2, 0) is 0 Å². The zero-order chi connectivity index (χ0) is 10.1. The Hall–Kier alpha value is -1.75. The van der Waals surface area contributed by atoms with Crippen LogP contribution in [0.3, 0.4) is 0 Å². The highest BCUT2D eigenvalue weighted by atomic mass is 35.5. The SMILES string of the molecule is O=C(O)c1noc(-c2ccc[nH]2)c1Cl. The lowest BCUT2D eigenvalue weighted by atomic mass is 10.3. The highest BCUT2D eigenvalue weighted by Crippen LogP contribution is 2.29. The number of halogens is 1. The van der Waals surface area contributed by atoms with Gasteiger partial charge >= 0.3 is 5.97 Å². The Labute approximate surface area is 83.3 Å². The Balaban J connectivity index is 2.52. The van der Waals surface area contributed by atoms with E-state index < -0.39 is 5.97 Å². The molecule has 0 aliphatic rings. The Morgan fingerprint density at radius 2 is 2.43 bits per heavy atom. The highest BCUT2D eigenvalue weighted by Gasteiger charge is 2.20. The fraction of sp³-hybridized carbons (Fsp3) is 0. The first kappa shape index (κ1) is 8.83. The van der Waals surface area contributed by atoms with Crippen LogP contribution in [0, 0.1) is 0 Å². The number of aromatic carboxylic acids is 1. The number of nitrogens with one attached hydrogen (secondary N) is 1. The number of carboxylic acid groups (broad SMARTS) is 1. The fourth-order valence-electron chi connectivity index (χ4n) is 1.05. The zero-order valence-corrected chi connectivity index (χ0v) is 7.58. The molecule has 14 heavy (non-hydrogen) atoms. The van der Waals surface area contributed by atoms with Gasteiger partial charge in [-0.25, -0.2) is 4.79 Å². The van der Waals surface area contributed by atoms with Gasteiger partial charge in [-0.05, 0) is 12.1 Å². The second kappa shape index (κ2) is 3.19. The Morgan fingerprint density at radius 1 is 1.64 bits per heavy atom. The summed E-state index contributed by atoms with van der Waals surface area (Å²) in [6.07, 6.45) is 1.68. The first-order valence-electron chi connectivity index (χ1n) is 3.72. The van der Waals surface area contributed by atoms with Gasteiger partial charge in [0, 0.05) is 6.20 Å². The molecule has 2 heterocycles. The molecule has 72 valence electrons. The van der Waals surface area contributed by atoms with Gasteiger partial charge in [0.1, 0.15) is 5.02 Å². The first-order valence-corrected chi connectivity index (χ1v) is 4.10. The van der Waals surface area contributed by atoms with Crippen LogP contribution in [0.25, 0.3) is 11.5 Å². The van der Waals surface area contributed by atoms with Gasteiger partial charge in [0.05, 0.1) is 5.69 Å². The first-order chi connectivity index (χ1) is 6.70. The molecule has 2 rings (SSSR count). The number of nitrogens with zero attached hydrogens (tertiary/aromatic N) is 1. The quantitative estimate of drug-likeness (QED) is 0.798. The zero-order valence-electron chi connectivity index (χ0n) is 6.82. The number of carboxylic acids is 1. The van der Waals surface area contributed by atoms with E-state index in [4.69, 9.17) is 21.2 Å². The highest BCUT2D eigenvalue weighted by molar-refractivity contribution is 6.35. The molecule has 0 amide bonds. The molecule has 0 saturated heterocycles. The molecule has 0 atom stereocenters. The molecule has 0 fully saturated rings. The third-order valence-corrected chi connectivity index (χ3v) is 2.03. The van der Waals surface area contributed by atoms with Crippen LogP contribution in [0.4, 0.5) is 0 Å². The maximum absolute atomic E-state index is 10.6. The van der Waals surface area contributed by atoms with Gasteiger partial charge < -0.3 is 14.6 Å². The minimum absolute atomic E-state index is 0.0000463. The van der Waals surface area contributed by atoms with Gasteiger partial charge in [0.2, 0.25) is 11.5 Å². The molecular weight excluding hydrogens is 208 g/mol. The molecular formula is C8H5ClN2O3. The van der Waals surface area contributed by atoms with Crippen molar-refractivity contribution in [2.24, 2.45) is 0 Å². The molecule has 0 bridgehead atoms. The topological polar surface area (TPSA) is 79.1 Å². The van der Waals surface area contributed by atoms with Crippen LogP contribution >= 0.6 is 11.6 Å². The van der Waals surface area contributed by atoms with Gasteiger partial charge in [0.15, 0.2) is 0 Å². The molecule has 2 aromatic heterocycles. The van der Waals surface area contributed by atoms with E-state index in [1.54, 1.807) is 18.3 Å². The second-order valence-electron chi connectivity index (χ2n) is 2.56. The van der Waals surface area contributed by atoms with Crippen LogP contribution in [-0.4, -0.2) is 21.2 Å². The van der Waals surface area contributed by atoms with E-state index >= 15 is 0 Å². The Kier molecular flexibility index (Phi) is 2.01. The smallest absolute Gasteiger partial charge is 0.359 e. The summed E-state index contributed by atoms with van der Waals surface area (Å²) in [7, 11) is 0. The van der Waals surface area contributed by atoms with E-state index in [9.17, 15) is 4.79 Å². The van der Waals surface area contributed by atoms with Gasteiger partial charge in [-0.1, -0.05) is 16.8 Å². The monoisotopic (exact) mass is 212 g/mol. The molecule has 0 aliphatic heterocycles. The molecule has 0 aromatic carbocycles. The molecule has 2 N–H and O–H groups in total. The third kappa shape index (κ3) is 1.27. The van der Waals surface area contributed by atoms with Crippen molar-refractivity contribution in [2.75, 3.05) is 0 Å². The molecule has 5 nitrogen and oxygen atoms in total. The van der Waals surface area contributed by atoms with E-state index in [-0.39, 0.29) is 16.5 Å². The van der Waals surface area contributed by atoms with Crippen molar-refractivity contribution in [1.29, 1.82) is 0 Å². The largest absolute Gasteiger partial charge is 0.476 e. The number of aromatic nitrogens is 2. The molecule has 0 radical (unpaired) electrons. The predicted octanol–water partition coefficient (Wildman–Crippen LogP) is 2.02. The van der Waals surface area contributed by atoms with E-state index in [2.05, 4.69) is 10.1 Å². The molecule has 6 heteroatoms. The summed E-state index contributed by atoms with van der Waals surface area (Å²) in [5.41, 5.74) is 0.311. The summed E-state index contributed by atoms with van der Waals surface area (Å²) in [6.45, 7) is 0. The normalized spacial score (nSPS) is 10.4. The molecule has 0 aliphatic carbocycles. The van der Waals surface area contributed by atoms with E-state index in [0.29, 0.717) is 5.69 Å². The lowest BCUT2D eigenvalue weighted by molar-refractivity contribution is 0.0686. The van der Waals surface area contributed by atoms with Gasteiger partial charge in [0.25, 0.3) is 0 Å². The molecule has 0 spiro atoms. The average molecular weight is 213 g/mol. The van der Waals surface area contributed by atoms with Gasteiger partial charge in [-0.3, -0.25) is 0 Å². The summed E-state index contributed by atoms with van der Waals surface area (Å²) in [4.78, 5) is 13.4. The van der Waals surface area contributed by atoms with Crippen LogP contribution < -0.4 is 0 Å². The fourth-order valence-corrected chi connectivity index (χ4v) is 1.30. The Bertz CT molecular complexity index is 461. The predicted molar refractivity (Wildman–Crippen MR) is 48.3 cm³/mol. The standard InChI is InChI=1S/C8H5ClN2O3/c9-5-6(8(12)13)11-14-7(5)4-2-1-3-10-4/h1-3,10H,(H,12,13). The lowest BCUT2D eigenvalue weighted by Gasteiger charge is -1.89. The van der Waals surface area contributed by atoms with E-state index in [0.717, 1.165) is 0 Å². The number of H-pyrrole nitrogens is 1. The van der Waals surface area contributed by atoms with Crippen molar-refractivity contribution in [2.45, 2.75) is 0 Å². The average Bonchev–Trinajstić information content (AvgIpc) is 2.71. The summed E-state index contributed by atoms with van der Waals surface area (Å²) in [5, 5.41) is 12.0. The number of carbonyl (C=O) groups is 1. The van der Waals surface area contributed by atoms with Crippen LogP contribution in [0.2, 0.25) is 5.02 Å². The Morgan fingerprint density at radius 3 is 2.93 bits per heavy atom. The van der Waals surface area contributed by atoms with Crippen molar-refractivity contribution in [3.8, 4) is 11.5 Å². The maximum atomic E-state index is 10.6. The van der Waals surface area contributed by atoms with Crippen molar-refractivity contribution in [3.63, 3.8) is 0 Å². The maximum Gasteiger partial charge on any atom is 0.359 e. The number of hydrogen-bond acceptors (Lipinski definition) is 3. The molecule has 2 aromatic rings. The van der Waals surface area contributed by atoms with E-state index in [1.807, 2.05) is 0 Å². The van der Waals surface area contributed by atoms with Gasteiger partial charge in [-0.15, -0.1) is 0 Å². The summed E-state index contributed by atoms with van der Waals surface area (Å²) >= 11 is 5.75. The third-order valence-electron chi connectivity index (χ3n) is 1.68. The molecule has 0 unspecified atom stereocenters. The molecule has 0 saturated carbocycles. The van der Waals surface area contributed by atoms with Crippen LogP contribution in [0.1, 0.15) is 10.5 Å². The van der Waals surface area contributed by atoms with Crippen molar-refractivity contribution < 1.29 is 14.4 Å². The second-order valence-corrected chi connectivity index (χ2v) is 2.94. The number of hydrogen-bond donors (Lipinski definition) is 2. The number of rotatable bonds is 2. The minimum Gasteiger partial charge on any atom is -0.476 e. The van der Waals surface area contributed by atoms with Crippen molar-refractivity contribution >= 4 is 17.6 Å². The minimum atomic E-state index is -1.21. The number of aromatic amines is 1. The summed E-state index contributed by atoms with van der Waals surface area (Å²) in [5.74, 6) is -0.981. The van der Waals surface area contributed by atoms with Crippen LogP contribution in [0.5, 0.6) is 0 Å². The van der Waals surface area contributed by atoms with Crippen molar-refractivity contribution in [3.05, 3.63) is 29.0 Å². The van der Waals surface area contributed by atoms with Crippen molar-refractivity contribution in [1.82, 2.24) is 10.1 Å². The van der Waals surface area contributed by atoms with Gasteiger partial charge in [-0.2, -0.15) is 0 Å². The summed E-state index contributed by atoms with van der Waals surface area (Å²) in [6, 6.07) is 3.45. The summed E-state index contributed by atoms with van der Waals surface area (Å²) < 4.78 is 4.81. The lowest BCUT2D eigenvalue weighted by Crippen LogP contribution is -1.96. The van der Waals surface area contributed by atoms with E-state index in [1.165, 1.54) is 0 Å².